The van der Waals surface area contributed by atoms with Gasteiger partial charge in [-0.3, -0.25) is 0 Å². The van der Waals surface area contributed by atoms with Crippen molar-refractivity contribution in [3.63, 3.8) is 0 Å². The van der Waals surface area contributed by atoms with E-state index in [1.165, 1.54) is 18.2 Å². The van der Waals surface area contributed by atoms with E-state index in [4.69, 9.17) is 16.3 Å². The number of hydrogen-bond acceptors (Lipinski definition) is 3. The third-order valence-corrected chi connectivity index (χ3v) is 4.32. The maximum absolute atomic E-state index is 13.1. The summed E-state index contributed by atoms with van der Waals surface area (Å²) in [5.74, 6) is -0.424. The van der Waals surface area contributed by atoms with Crippen molar-refractivity contribution in [2.45, 2.75) is 18.9 Å². The lowest BCUT2D eigenvalue weighted by atomic mass is 10.2. The fourth-order valence-corrected chi connectivity index (χ4v) is 2.98. The first-order valence-electron chi connectivity index (χ1n) is 7.71. The van der Waals surface area contributed by atoms with Crippen molar-refractivity contribution in [2.75, 3.05) is 45.7 Å². The zero-order valence-corrected chi connectivity index (χ0v) is 14.3. The third-order valence-electron chi connectivity index (χ3n) is 4.01. The van der Waals surface area contributed by atoms with Crippen LogP contribution in [-0.4, -0.2) is 62.3 Å². The molecule has 1 unspecified atom stereocenters. The van der Waals surface area contributed by atoms with Crippen LogP contribution in [0.25, 0.3) is 0 Å². The van der Waals surface area contributed by atoms with Gasteiger partial charge in [0.2, 0.25) is 0 Å². The van der Waals surface area contributed by atoms with Gasteiger partial charge in [-0.1, -0.05) is 11.6 Å². The highest BCUT2D eigenvalue weighted by molar-refractivity contribution is 6.33. The highest BCUT2D eigenvalue weighted by Crippen LogP contribution is 2.24. The van der Waals surface area contributed by atoms with Gasteiger partial charge in [0.1, 0.15) is 5.82 Å². The number of urea groups is 1. The Morgan fingerprint density at radius 2 is 2.35 bits per heavy atom. The topological polar surface area (TPSA) is 44.8 Å². The number of carbonyl (C=O) groups excluding carboxylic acids is 1. The van der Waals surface area contributed by atoms with Crippen molar-refractivity contribution < 1.29 is 13.9 Å². The number of nitrogens with zero attached hydrogens (tertiary/aromatic N) is 2. The largest absolute Gasteiger partial charge is 0.383 e. The van der Waals surface area contributed by atoms with E-state index < -0.39 is 5.82 Å². The molecule has 1 N–H and O–H groups in total. The maximum Gasteiger partial charge on any atom is 0.322 e. The van der Waals surface area contributed by atoms with Gasteiger partial charge in [-0.15, -0.1) is 0 Å². The Morgan fingerprint density at radius 1 is 1.57 bits per heavy atom. The highest BCUT2D eigenvalue weighted by Gasteiger charge is 2.29. The summed E-state index contributed by atoms with van der Waals surface area (Å²) in [6.45, 7) is 3.01. The zero-order chi connectivity index (χ0) is 16.8. The van der Waals surface area contributed by atoms with E-state index >= 15 is 0 Å². The number of halogens is 2. The molecule has 1 heterocycles. The van der Waals surface area contributed by atoms with Gasteiger partial charge in [0.15, 0.2) is 0 Å². The van der Waals surface area contributed by atoms with Crippen LogP contribution in [-0.2, 0) is 4.74 Å². The number of amides is 2. The van der Waals surface area contributed by atoms with Crippen molar-refractivity contribution in [1.29, 1.82) is 0 Å². The van der Waals surface area contributed by atoms with E-state index in [0.29, 0.717) is 18.8 Å². The molecule has 7 heteroatoms. The number of methoxy groups -OCH3 is 1. The fourth-order valence-electron chi connectivity index (χ4n) is 2.77. The van der Waals surface area contributed by atoms with E-state index in [9.17, 15) is 9.18 Å². The van der Waals surface area contributed by atoms with Crippen molar-refractivity contribution in [1.82, 2.24) is 9.80 Å². The lowest BCUT2D eigenvalue weighted by molar-refractivity contribution is 0.143. The molecule has 1 atom stereocenters. The van der Waals surface area contributed by atoms with Gasteiger partial charge in [-0.05, 0) is 38.1 Å². The Hall–Kier alpha value is -1.37. The molecule has 128 valence electrons. The Kier molecular flexibility index (Phi) is 6.62. The normalized spacial score (nSPS) is 17.8. The summed E-state index contributed by atoms with van der Waals surface area (Å²) >= 11 is 5.96. The molecule has 2 amide bonds. The molecule has 0 aromatic heterocycles. The van der Waals surface area contributed by atoms with Crippen LogP contribution in [0.5, 0.6) is 0 Å². The SMILES string of the molecule is COCCN(C)CC1CCCN1C(=O)Nc1ccc(F)cc1Cl. The summed E-state index contributed by atoms with van der Waals surface area (Å²) in [5.41, 5.74) is 0.427. The molecule has 5 nitrogen and oxygen atoms in total. The minimum atomic E-state index is -0.424. The van der Waals surface area contributed by atoms with Crippen LogP contribution < -0.4 is 5.32 Å². The fraction of sp³-hybridized carbons (Fsp3) is 0.562. The molecule has 0 bridgehead atoms. The van der Waals surface area contributed by atoms with E-state index in [2.05, 4.69) is 10.2 Å². The van der Waals surface area contributed by atoms with E-state index in [0.717, 1.165) is 25.9 Å². The van der Waals surface area contributed by atoms with Gasteiger partial charge >= 0.3 is 6.03 Å². The number of hydrogen-bond donors (Lipinski definition) is 1. The molecule has 0 radical (unpaired) electrons. The third kappa shape index (κ3) is 5.06. The minimum absolute atomic E-state index is 0.163. The summed E-state index contributed by atoms with van der Waals surface area (Å²) in [6, 6.07) is 3.92. The molecule has 1 saturated heterocycles. The number of likely N-dealkylation sites (tertiary alicyclic amines) is 1. The van der Waals surface area contributed by atoms with Crippen LogP contribution in [0.1, 0.15) is 12.8 Å². The van der Waals surface area contributed by atoms with E-state index in [-0.39, 0.29) is 17.1 Å². The second-order valence-electron chi connectivity index (χ2n) is 5.80. The molecule has 1 fully saturated rings. The summed E-state index contributed by atoms with van der Waals surface area (Å²) in [6.07, 6.45) is 1.95. The zero-order valence-electron chi connectivity index (χ0n) is 13.5. The number of carbonyl (C=O) groups is 1. The number of rotatable bonds is 6. The Balaban J connectivity index is 1.94. The van der Waals surface area contributed by atoms with Gasteiger partial charge in [0, 0.05) is 32.8 Å². The molecule has 1 aliphatic rings. The Morgan fingerprint density at radius 3 is 3.04 bits per heavy atom. The van der Waals surface area contributed by atoms with Crippen LogP contribution in [0.2, 0.25) is 5.02 Å². The number of likely N-dealkylation sites (N-methyl/N-ethyl adjacent to an activating group) is 1. The van der Waals surface area contributed by atoms with Crippen molar-refractivity contribution in [3.8, 4) is 0 Å². The standard InChI is InChI=1S/C16H23ClFN3O2/c1-20(8-9-23-2)11-13-4-3-7-21(13)16(22)19-15-6-5-12(18)10-14(15)17/h5-6,10,13H,3-4,7-9,11H2,1-2H3,(H,19,22). The van der Waals surface area contributed by atoms with Gasteiger partial charge in [0.25, 0.3) is 0 Å². The van der Waals surface area contributed by atoms with Crippen molar-refractivity contribution in [2.24, 2.45) is 0 Å². The summed E-state index contributed by atoms with van der Waals surface area (Å²) in [4.78, 5) is 16.5. The Bertz CT molecular complexity index is 544. The maximum atomic E-state index is 13.1. The molecule has 0 aliphatic carbocycles. The molecular formula is C16H23ClFN3O2. The van der Waals surface area contributed by atoms with Crippen molar-refractivity contribution >= 4 is 23.3 Å². The monoisotopic (exact) mass is 343 g/mol. The smallest absolute Gasteiger partial charge is 0.322 e. The lowest BCUT2D eigenvalue weighted by Gasteiger charge is -2.29. The average Bonchev–Trinajstić information content (AvgIpc) is 2.96. The molecular weight excluding hydrogens is 321 g/mol. The molecule has 0 saturated carbocycles. The second kappa shape index (κ2) is 8.47. The van der Waals surface area contributed by atoms with Crippen LogP contribution in [0.4, 0.5) is 14.9 Å². The number of benzene rings is 1. The first-order valence-corrected chi connectivity index (χ1v) is 8.09. The number of anilines is 1. The van der Waals surface area contributed by atoms with Gasteiger partial charge in [-0.25, -0.2) is 9.18 Å². The van der Waals surface area contributed by atoms with Gasteiger partial charge < -0.3 is 19.9 Å². The molecule has 23 heavy (non-hydrogen) atoms. The molecule has 1 aromatic carbocycles. The van der Waals surface area contributed by atoms with Crippen molar-refractivity contribution in [3.05, 3.63) is 29.0 Å². The molecule has 1 aromatic rings. The van der Waals surface area contributed by atoms with Gasteiger partial charge in [0.05, 0.1) is 17.3 Å². The minimum Gasteiger partial charge on any atom is -0.383 e. The summed E-state index contributed by atoms with van der Waals surface area (Å²) in [7, 11) is 3.69. The average molecular weight is 344 g/mol. The number of ether oxygens (including phenoxy) is 1. The van der Waals surface area contributed by atoms with Crippen LogP contribution in [0.15, 0.2) is 18.2 Å². The Labute approximate surface area is 141 Å². The molecule has 1 aliphatic heterocycles. The van der Waals surface area contributed by atoms with Gasteiger partial charge in [-0.2, -0.15) is 0 Å². The summed E-state index contributed by atoms with van der Waals surface area (Å²) in [5, 5.41) is 2.97. The second-order valence-corrected chi connectivity index (χ2v) is 6.21. The van der Waals surface area contributed by atoms with E-state index in [1.807, 2.05) is 11.9 Å². The predicted octanol–water partition coefficient (Wildman–Crippen LogP) is 3.05. The first-order chi connectivity index (χ1) is 11.0. The highest BCUT2D eigenvalue weighted by atomic mass is 35.5. The quantitative estimate of drug-likeness (QED) is 0.863. The van der Waals surface area contributed by atoms with E-state index in [1.54, 1.807) is 7.11 Å². The summed E-state index contributed by atoms with van der Waals surface area (Å²) < 4.78 is 18.1. The molecule has 2 rings (SSSR count). The first kappa shape index (κ1) is 18.0. The van der Waals surface area contributed by atoms with Crippen LogP contribution in [0, 0.1) is 5.82 Å². The predicted molar refractivity (Wildman–Crippen MR) is 89.5 cm³/mol. The van der Waals surface area contributed by atoms with Crippen LogP contribution in [0.3, 0.4) is 0 Å². The molecule has 0 spiro atoms. The lowest BCUT2D eigenvalue weighted by Crippen LogP contribution is -2.44. The van der Waals surface area contributed by atoms with Crippen LogP contribution >= 0.6 is 11.6 Å². The number of nitrogens with one attached hydrogen (secondary N) is 1.